The topological polar surface area (TPSA) is 84.5 Å². The summed E-state index contributed by atoms with van der Waals surface area (Å²) in [7, 11) is 0. The van der Waals surface area contributed by atoms with Gasteiger partial charge in [-0.2, -0.15) is 10.4 Å². The fraction of sp³-hybridized carbons (Fsp3) is 0.0556. The van der Waals surface area contributed by atoms with E-state index in [0.29, 0.717) is 10.8 Å². The number of fused-ring (bicyclic) bond motifs is 1. The van der Waals surface area contributed by atoms with Gasteiger partial charge in [-0.3, -0.25) is 4.79 Å². The molecule has 0 aliphatic carbocycles. The lowest BCUT2D eigenvalue weighted by Crippen LogP contribution is -2.14. The van der Waals surface area contributed by atoms with Gasteiger partial charge in [0.2, 0.25) is 5.78 Å². The van der Waals surface area contributed by atoms with Gasteiger partial charge >= 0.3 is 0 Å². The molecule has 0 spiro atoms. The summed E-state index contributed by atoms with van der Waals surface area (Å²) in [5, 5.41) is 14.1. The lowest BCUT2D eigenvalue weighted by Gasteiger charge is -2.06. The zero-order valence-electron chi connectivity index (χ0n) is 12.9. The van der Waals surface area contributed by atoms with Crippen LogP contribution < -0.4 is 0 Å². The third-order valence-corrected chi connectivity index (χ3v) is 4.78. The largest absolute Gasteiger partial charge is 0.290 e. The van der Waals surface area contributed by atoms with Crippen molar-refractivity contribution in [2.75, 3.05) is 0 Å². The number of carbonyl (C=O) groups excluding carboxylic acids is 1. The number of Topliss-reactive ketones (excluding diaryl/α,β-unsaturated/α-hetero) is 1. The Balaban J connectivity index is 1.71. The van der Waals surface area contributed by atoms with Crippen LogP contribution in [0.2, 0.25) is 0 Å². The van der Waals surface area contributed by atoms with Crippen LogP contribution in [0.15, 0.2) is 60.9 Å². The number of pyridine rings is 1. The molecule has 0 bridgehead atoms. The van der Waals surface area contributed by atoms with Gasteiger partial charge in [0.05, 0.1) is 16.3 Å². The van der Waals surface area contributed by atoms with Crippen LogP contribution in [0.1, 0.15) is 21.4 Å². The molecule has 1 unspecified atom stereocenters. The predicted octanol–water partition coefficient (Wildman–Crippen LogP) is 3.37. The molecular formula is C18H11N5OS. The number of benzene rings is 1. The van der Waals surface area contributed by atoms with Crippen molar-refractivity contribution in [2.45, 2.75) is 5.92 Å². The molecule has 1 aromatic carbocycles. The van der Waals surface area contributed by atoms with E-state index < -0.39 is 5.92 Å². The van der Waals surface area contributed by atoms with Crippen LogP contribution in [0, 0.1) is 11.3 Å². The van der Waals surface area contributed by atoms with E-state index in [1.165, 1.54) is 11.3 Å². The molecule has 0 aliphatic heterocycles. The zero-order valence-corrected chi connectivity index (χ0v) is 13.7. The molecule has 0 radical (unpaired) electrons. The summed E-state index contributed by atoms with van der Waals surface area (Å²) in [4.78, 5) is 21.6. The Hall–Kier alpha value is -3.37. The van der Waals surface area contributed by atoms with E-state index in [4.69, 9.17) is 0 Å². The lowest BCUT2D eigenvalue weighted by molar-refractivity contribution is 0.0974. The normalized spacial score (nSPS) is 12.0. The van der Waals surface area contributed by atoms with Gasteiger partial charge in [-0.25, -0.2) is 14.6 Å². The first-order valence-corrected chi connectivity index (χ1v) is 8.34. The molecule has 6 nitrogen and oxygen atoms in total. The summed E-state index contributed by atoms with van der Waals surface area (Å²) in [5.41, 5.74) is 1.01. The Morgan fingerprint density at radius 1 is 1.12 bits per heavy atom. The second-order valence-electron chi connectivity index (χ2n) is 5.28. The van der Waals surface area contributed by atoms with Gasteiger partial charge < -0.3 is 0 Å². The molecule has 0 fully saturated rings. The van der Waals surface area contributed by atoms with Crippen molar-refractivity contribution in [1.29, 1.82) is 5.26 Å². The lowest BCUT2D eigenvalue weighted by atomic mass is 10.0. The average molecular weight is 345 g/mol. The third kappa shape index (κ3) is 2.79. The Morgan fingerprint density at radius 3 is 2.76 bits per heavy atom. The molecule has 25 heavy (non-hydrogen) atoms. The molecule has 0 aliphatic rings. The highest BCUT2D eigenvalue weighted by atomic mass is 32.1. The highest BCUT2D eigenvalue weighted by molar-refractivity contribution is 7.18. The van der Waals surface area contributed by atoms with Gasteiger partial charge in [0.15, 0.2) is 11.7 Å². The summed E-state index contributed by atoms with van der Waals surface area (Å²) in [5.74, 6) is -0.815. The maximum Gasteiger partial charge on any atom is 0.205 e. The third-order valence-electron chi connectivity index (χ3n) is 3.67. The summed E-state index contributed by atoms with van der Waals surface area (Å²) in [6, 6.07) is 16.5. The van der Waals surface area contributed by atoms with Crippen molar-refractivity contribution in [3.05, 3.63) is 71.6 Å². The maximum absolute atomic E-state index is 12.8. The molecule has 0 saturated carbocycles. The van der Waals surface area contributed by atoms with Crippen molar-refractivity contribution in [2.24, 2.45) is 0 Å². The van der Waals surface area contributed by atoms with Crippen LogP contribution in [0.25, 0.3) is 16.0 Å². The number of thiazole rings is 1. The van der Waals surface area contributed by atoms with Crippen LogP contribution >= 0.6 is 11.3 Å². The summed E-state index contributed by atoms with van der Waals surface area (Å²) in [6.07, 6.45) is 3.38. The van der Waals surface area contributed by atoms with Gasteiger partial charge in [-0.15, -0.1) is 11.3 Å². The average Bonchev–Trinajstić information content (AvgIpc) is 3.32. The van der Waals surface area contributed by atoms with Gasteiger partial charge in [-0.05, 0) is 30.3 Å². The minimum absolute atomic E-state index is 0.221. The van der Waals surface area contributed by atoms with Gasteiger partial charge in [0, 0.05) is 12.4 Å². The van der Waals surface area contributed by atoms with Crippen molar-refractivity contribution >= 4 is 27.3 Å². The van der Waals surface area contributed by atoms with E-state index >= 15 is 0 Å². The van der Waals surface area contributed by atoms with Crippen molar-refractivity contribution < 1.29 is 4.79 Å². The van der Waals surface area contributed by atoms with E-state index in [1.807, 2.05) is 24.3 Å². The smallest absolute Gasteiger partial charge is 0.205 e. The molecule has 1 atom stereocenters. The first-order valence-electron chi connectivity index (χ1n) is 7.52. The van der Waals surface area contributed by atoms with E-state index in [0.717, 1.165) is 10.2 Å². The minimum Gasteiger partial charge on any atom is -0.290 e. The Labute approximate surface area is 147 Å². The Bertz CT molecular complexity index is 1060. The highest BCUT2D eigenvalue weighted by Crippen LogP contribution is 2.29. The molecule has 3 aromatic heterocycles. The number of nitrogens with zero attached hydrogens (tertiary/aromatic N) is 5. The van der Waals surface area contributed by atoms with Gasteiger partial charge in [0.25, 0.3) is 0 Å². The minimum atomic E-state index is -0.974. The molecule has 0 N–H and O–H groups in total. The molecule has 4 aromatic rings. The first-order chi connectivity index (χ1) is 12.3. The van der Waals surface area contributed by atoms with Crippen molar-refractivity contribution in [3.8, 4) is 11.9 Å². The molecule has 7 heteroatoms. The quantitative estimate of drug-likeness (QED) is 0.529. The molecule has 3 heterocycles. The maximum atomic E-state index is 12.8. The number of aromatic nitrogens is 4. The Kier molecular flexibility index (Phi) is 3.80. The van der Waals surface area contributed by atoms with Crippen LogP contribution in [0.3, 0.4) is 0 Å². The number of ketones is 1. The standard InChI is InChI=1S/C18H11N5OS/c19-11-12(18-22-13-5-1-2-7-15(13)25-18)17(24)14-6-3-8-16(21-14)23-10-4-9-20-23/h1-10,12H. The van der Waals surface area contributed by atoms with Crippen molar-refractivity contribution in [1.82, 2.24) is 19.7 Å². The summed E-state index contributed by atoms with van der Waals surface area (Å²) < 4.78 is 2.51. The first kappa shape index (κ1) is 15.2. The fourth-order valence-corrected chi connectivity index (χ4v) is 3.49. The van der Waals surface area contributed by atoms with Gasteiger partial charge in [-0.1, -0.05) is 18.2 Å². The number of nitriles is 1. The number of carbonyl (C=O) groups is 1. The molecular weight excluding hydrogens is 334 g/mol. The number of para-hydroxylation sites is 1. The van der Waals surface area contributed by atoms with Crippen LogP contribution in [-0.4, -0.2) is 25.5 Å². The molecule has 120 valence electrons. The van der Waals surface area contributed by atoms with E-state index in [2.05, 4.69) is 21.1 Å². The number of rotatable bonds is 4. The van der Waals surface area contributed by atoms with Crippen LogP contribution in [-0.2, 0) is 0 Å². The van der Waals surface area contributed by atoms with Gasteiger partial charge in [0.1, 0.15) is 10.7 Å². The fourth-order valence-electron chi connectivity index (χ4n) is 2.48. The second-order valence-corrected chi connectivity index (χ2v) is 6.34. The van der Waals surface area contributed by atoms with Crippen LogP contribution in [0.4, 0.5) is 0 Å². The highest BCUT2D eigenvalue weighted by Gasteiger charge is 2.26. The van der Waals surface area contributed by atoms with E-state index in [9.17, 15) is 10.1 Å². The zero-order chi connectivity index (χ0) is 17.2. The molecule has 0 amide bonds. The SMILES string of the molecule is N#CC(C(=O)c1cccc(-n2cccn2)n1)c1nc2ccccc2s1. The number of hydrogen-bond acceptors (Lipinski definition) is 6. The second kappa shape index (κ2) is 6.26. The van der Waals surface area contributed by atoms with Crippen molar-refractivity contribution in [3.63, 3.8) is 0 Å². The molecule has 4 rings (SSSR count). The Morgan fingerprint density at radius 2 is 2.00 bits per heavy atom. The van der Waals surface area contributed by atoms with Crippen LogP contribution in [0.5, 0.6) is 0 Å². The number of hydrogen-bond donors (Lipinski definition) is 0. The predicted molar refractivity (Wildman–Crippen MR) is 93.7 cm³/mol. The monoisotopic (exact) mass is 345 g/mol. The summed E-state index contributed by atoms with van der Waals surface area (Å²) in [6.45, 7) is 0. The molecule has 0 saturated heterocycles. The van der Waals surface area contributed by atoms with E-state index in [1.54, 1.807) is 41.3 Å². The van der Waals surface area contributed by atoms with E-state index in [-0.39, 0.29) is 11.5 Å². The summed E-state index contributed by atoms with van der Waals surface area (Å²) >= 11 is 1.36.